The number of nitrogens with zero attached hydrogens (tertiary/aromatic N) is 1. The lowest BCUT2D eigenvalue weighted by atomic mass is 9.89. The van der Waals surface area contributed by atoms with E-state index in [-0.39, 0.29) is 5.56 Å². The van der Waals surface area contributed by atoms with Gasteiger partial charge in [-0.05, 0) is 51.9 Å². The molecule has 5 heteroatoms. The Morgan fingerprint density at radius 3 is 2.25 bits per heavy atom. The average Bonchev–Trinajstić information content (AvgIpc) is 2.45. The van der Waals surface area contributed by atoms with E-state index in [4.69, 9.17) is 0 Å². The third-order valence-corrected chi connectivity index (χ3v) is 3.98. The Hall–Kier alpha value is -1.36. The highest BCUT2D eigenvalue weighted by atomic mass is 19.2. The molecule has 0 saturated carbocycles. The van der Waals surface area contributed by atoms with Gasteiger partial charge in [0.1, 0.15) is 0 Å². The van der Waals surface area contributed by atoms with E-state index in [1.165, 1.54) is 0 Å². The Kier molecular flexibility index (Phi) is 4.18. The number of Topliss-reactive ketones (excluding diaryl/α,β-unsaturated/α-hetero) is 1. The highest BCUT2D eigenvalue weighted by Gasteiger charge is 2.37. The molecule has 0 amide bonds. The van der Waals surface area contributed by atoms with Gasteiger partial charge in [-0.25, -0.2) is 13.2 Å². The van der Waals surface area contributed by atoms with E-state index < -0.39 is 28.8 Å². The fraction of sp³-hybridized carbons (Fsp3) is 0.533. The van der Waals surface area contributed by atoms with Crippen LogP contribution in [0.4, 0.5) is 13.2 Å². The number of rotatable bonds is 3. The first-order valence-electron chi connectivity index (χ1n) is 6.79. The van der Waals surface area contributed by atoms with Gasteiger partial charge in [0.2, 0.25) is 0 Å². The zero-order valence-electron chi connectivity index (χ0n) is 11.7. The highest BCUT2D eigenvalue weighted by molar-refractivity contribution is 6.02. The van der Waals surface area contributed by atoms with E-state index >= 15 is 0 Å². The van der Waals surface area contributed by atoms with Crippen LogP contribution in [0.1, 0.15) is 43.5 Å². The molecule has 2 nitrogen and oxygen atoms in total. The summed E-state index contributed by atoms with van der Waals surface area (Å²) < 4.78 is 40.0. The van der Waals surface area contributed by atoms with Crippen LogP contribution in [0, 0.1) is 17.5 Å². The Bertz CT molecular complexity index is 522. The summed E-state index contributed by atoms with van der Waals surface area (Å²) in [6, 6.07) is 1.81. The minimum atomic E-state index is -1.59. The second kappa shape index (κ2) is 5.56. The van der Waals surface area contributed by atoms with E-state index in [0.717, 1.165) is 44.5 Å². The Labute approximate surface area is 116 Å². The number of hydrogen-bond acceptors (Lipinski definition) is 2. The molecule has 20 heavy (non-hydrogen) atoms. The molecule has 0 atom stereocenters. The van der Waals surface area contributed by atoms with Crippen molar-refractivity contribution in [3.05, 3.63) is 35.1 Å². The van der Waals surface area contributed by atoms with Gasteiger partial charge in [-0.15, -0.1) is 0 Å². The fourth-order valence-electron chi connectivity index (χ4n) is 2.63. The predicted molar refractivity (Wildman–Crippen MR) is 70.1 cm³/mol. The van der Waals surface area contributed by atoms with Gasteiger partial charge in [0.05, 0.1) is 11.1 Å². The summed E-state index contributed by atoms with van der Waals surface area (Å²) >= 11 is 0. The number of carbonyl (C=O) groups excluding carboxylic acids is 1. The van der Waals surface area contributed by atoms with Crippen molar-refractivity contribution in [1.29, 1.82) is 0 Å². The van der Waals surface area contributed by atoms with Crippen LogP contribution >= 0.6 is 0 Å². The molecule has 0 N–H and O–H groups in total. The van der Waals surface area contributed by atoms with Crippen molar-refractivity contribution in [2.24, 2.45) is 0 Å². The number of halogens is 3. The van der Waals surface area contributed by atoms with Gasteiger partial charge in [-0.3, -0.25) is 9.69 Å². The molecule has 1 saturated heterocycles. The average molecular weight is 285 g/mol. The van der Waals surface area contributed by atoms with Crippen LogP contribution < -0.4 is 0 Å². The molecule has 1 aliphatic heterocycles. The van der Waals surface area contributed by atoms with Gasteiger partial charge in [-0.2, -0.15) is 0 Å². The molecular weight excluding hydrogens is 267 g/mol. The van der Waals surface area contributed by atoms with Crippen molar-refractivity contribution in [3.8, 4) is 0 Å². The molecule has 0 bridgehead atoms. The SMILES string of the molecule is CC(C)(C(=O)c1ccc(F)c(F)c1F)N1CCCCC1. The van der Waals surface area contributed by atoms with Crippen molar-refractivity contribution in [1.82, 2.24) is 4.90 Å². The van der Waals surface area contributed by atoms with Crippen molar-refractivity contribution >= 4 is 5.78 Å². The standard InChI is InChI=1S/C15H18F3NO/c1-15(2,19-8-4-3-5-9-19)14(20)10-6-7-11(16)13(18)12(10)17/h6-7H,3-5,8-9H2,1-2H3. The molecule has 0 aliphatic carbocycles. The minimum absolute atomic E-state index is 0.389. The summed E-state index contributed by atoms with van der Waals surface area (Å²) in [4.78, 5) is 14.5. The zero-order chi connectivity index (χ0) is 14.9. The molecule has 110 valence electrons. The van der Waals surface area contributed by atoms with Gasteiger partial charge in [0, 0.05) is 0 Å². The first-order valence-corrected chi connectivity index (χ1v) is 6.79. The zero-order valence-corrected chi connectivity index (χ0v) is 11.7. The summed E-state index contributed by atoms with van der Waals surface area (Å²) in [5, 5.41) is 0. The van der Waals surface area contributed by atoms with Crippen LogP contribution in [0.3, 0.4) is 0 Å². The summed E-state index contributed by atoms with van der Waals surface area (Å²) in [6.45, 7) is 4.90. The lowest BCUT2D eigenvalue weighted by molar-refractivity contribution is 0.0574. The topological polar surface area (TPSA) is 20.3 Å². The summed E-state index contributed by atoms with van der Waals surface area (Å²) in [5.41, 5.74) is -1.31. The molecule has 1 aromatic rings. The molecule has 0 unspecified atom stereocenters. The van der Waals surface area contributed by atoms with Crippen LogP contribution in [-0.4, -0.2) is 29.3 Å². The van der Waals surface area contributed by atoms with E-state index in [1.807, 2.05) is 4.90 Å². The number of benzene rings is 1. The third kappa shape index (κ3) is 2.59. The predicted octanol–water partition coefficient (Wildman–Crippen LogP) is 3.55. The minimum Gasteiger partial charge on any atom is -0.292 e. The van der Waals surface area contributed by atoms with Gasteiger partial charge < -0.3 is 0 Å². The summed E-state index contributed by atoms with van der Waals surface area (Å²) in [6.07, 6.45) is 3.08. The second-order valence-corrected chi connectivity index (χ2v) is 5.66. The van der Waals surface area contributed by atoms with E-state index in [2.05, 4.69) is 0 Å². The monoisotopic (exact) mass is 285 g/mol. The van der Waals surface area contributed by atoms with Gasteiger partial charge in [0.25, 0.3) is 0 Å². The number of ketones is 1. The van der Waals surface area contributed by atoms with Crippen LogP contribution in [0.25, 0.3) is 0 Å². The normalized spacial score (nSPS) is 17.2. The second-order valence-electron chi connectivity index (χ2n) is 5.66. The van der Waals surface area contributed by atoms with Crippen molar-refractivity contribution < 1.29 is 18.0 Å². The quantitative estimate of drug-likeness (QED) is 0.625. The van der Waals surface area contributed by atoms with E-state index in [0.29, 0.717) is 0 Å². The molecule has 1 aliphatic rings. The molecule has 2 rings (SSSR count). The number of carbonyl (C=O) groups is 1. The van der Waals surface area contributed by atoms with Crippen molar-refractivity contribution in [3.63, 3.8) is 0 Å². The number of hydrogen-bond donors (Lipinski definition) is 0. The maximum atomic E-state index is 13.8. The van der Waals surface area contributed by atoms with Gasteiger partial charge in [0.15, 0.2) is 23.2 Å². The number of piperidine rings is 1. The van der Waals surface area contributed by atoms with Crippen molar-refractivity contribution in [2.75, 3.05) is 13.1 Å². The van der Waals surface area contributed by atoms with Crippen molar-refractivity contribution in [2.45, 2.75) is 38.6 Å². The Morgan fingerprint density at radius 1 is 1.05 bits per heavy atom. The molecule has 0 spiro atoms. The first-order chi connectivity index (χ1) is 9.35. The molecule has 1 heterocycles. The molecule has 1 fully saturated rings. The lowest BCUT2D eigenvalue weighted by Gasteiger charge is -2.39. The van der Waals surface area contributed by atoms with E-state index in [9.17, 15) is 18.0 Å². The van der Waals surface area contributed by atoms with Crippen LogP contribution in [0.2, 0.25) is 0 Å². The third-order valence-electron chi connectivity index (χ3n) is 3.98. The van der Waals surface area contributed by atoms with Crippen LogP contribution in [0.15, 0.2) is 12.1 Å². The van der Waals surface area contributed by atoms with E-state index in [1.54, 1.807) is 13.8 Å². The summed E-state index contributed by atoms with van der Waals surface area (Å²) in [5.74, 6) is -4.80. The maximum Gasteiger partial charge on any atom is 0.195 e. The first kappa shape index (κ1) is 15.0. The Balaban J connectivity index is 2.32. The number of likely N-dealkylation sites (tertiary alicyclic amines) is 1. The lowest BCUT2D eigenvalue weighted by Crippen LogP contribution is -2.52. The Morgan fingerprint density at radius 2 is 1.65 bits per heavy atom. The summed E-state index contributed by atoms with van der Waals surface area (Å²) in [7, 11) is 0. The molecular formula is C15H18F3NO. The maximum absolute atomic E-state index is 13.8. The highest BCUT2D eigenvalue weighted by Crippen LogP contribution is 2.26. The smallest absolute Gasteiger partial charge is 0.195 e. The molecule has 0 radical (unpaired) electrons. The van der Waals surface area contributed by atoms with Gasteiger partial charge >= 0.3 is 0 Å². The van der Waals surface area contributed by atoms with Crippen LogP contribution in [0.5, 0.6) is 0 Å². The van der Waals surface area contributed by atoms with Crippen LogP contribution in [-0.2, 0) is 0 Å². The fourth-order valence-corrected chi connectivity index (χ4v) is 2.63. The molecule has 0 aromatic heterocycles. The van der Waals surface area contributed by atoms with Gasteiger partial charge in [-0.1, -0.05) is 6.42 Å². The largest absolute Gasteiger partial charge is 0.292 e. The molecule has 1 aromatic carbocycles.